The van der Waals surface area contributed by atoms with Crippen molar-refractivity contribution in [3.8, 4) is 0 Å². The van der Waals surface area contributed by atoms with Gasteiger partial charge in [-0.15, -0.1) is 0 Å². The Kier molecular flexibility index (Phi) is 31.2. The van der Waals surface area contributed by atoms with E-state index in [1.807, 2.05) is 0 Å². The molecular formula is H6BaO6PdS. The minimum atomic E-state index is -4.67. The summed E-state index contributed by atoms with van der Waals surface area (Å²) in [5.41, 5.74) is 0. The van der Waals surface area contributed by atoms with Crippen LogP contribution in [0.3, 0.4) is 0 Å². The molecule has 0 aromatic heterocycles. The van der Waals surface area contributed by atoms with Crippen LogP contribution in [0.25, 0.3) is 0 Å². The fraction of sp³-hybridized carbons (Fsp3) is 0. The molecular weight excluding hydrogens is 372 g/mol. The third kappa shape index (κ3) is 176. The van der Waals surface area contributed by atoms with Crippen molar-refractivity contribution >= 4 is 59.3 Å². The summed E-state index contributed by atoms with van der Waals surface area (Å²) in [5.74, 6) is 0. The van der Waals surface area contributed by atoms with Crippen molar-refractivity contribution in [1.29, 1.82) is 0 Å². The fourth-order valence-corrected chi connectivity index (χ4v) is 0. The first-order chi connectivity index (χ1) is 3.00. The second-order valence-electron chi connectivity index (χ2n) is 0.448. The van der Waals surface area contributed by atoms with Gasteiger partial charge in [0.1, 0.15) is 0 Å². The molecule has 0 unspecified atom stereocenters. The van der Waals surface area contributed by atoms with E-state index in [0.717, 1.165) is 0 Å². The molecule has 4 N–H and O–H groups in total. The molecule has 0 aliphatic carbocycles. The summed E-state index contributed by atoms with van der Waals surface area (Å²) >= 11 is 1.50. The summed E-state index contributed by atoms with van der Waals surface area (Å²) in [7, 11) is -4.67. The molecule has 0 aromatic rings. The van der Waals surface area contributed by atoms with Gasteiger partial charge in [0.25, 0.3) is 0 Å². The zero-order chi connectivity index (χ0) is 6.50. The van der Waals surface area contributed by atoms with E-state index in [1.54, 1.807) is 0 Å². The van der Waals surface area contributed by atoms with Crippen molar-refractivity contribution in [3.05, 3.63) is 0 Å². The van der Waals surface area contributed by atoms with E-state index in [4.69, 9.17) is 21.0 Å². The molecule has 0 rings (SSSR count). The summed E-state index contributed by atoms with van der Waals surface area (Å²) < 4.78 is 39.7. The molecule has 0 spiro atoms. The Bertz CT molecular complexity index is 115. The molecule has 60 valence electrons. The Morgan fingerprint density at radius 3 is 1.22 bits per heavy atom. The van der Waals surface area contributed by atoms with Gasteiger partial charge in [-0.1, -0.05) is 0 Å². The third-order valence-electron chi connectivity index (χ3n) is 0. The van der Waals surface area contributed by atoms with Crippen molar-refractivity contribution < 1.29 is 48.5 Å². The Hall–Kier alpha value is 1.86. The van der Waals surface area contributed by atoms with E-state index < -0.39 is 10.4 Å². The van der Waals surface area contributed by atoms with Crippen LogP contribution in [0.15, 0.2) is 0 Å². The average Bonchev–Trinajstić information content (AvgIpc) is 1.36. The SMILES string of the molecule is O.O=S(=O)(O)O.[Ba+2].[H-].[H-].[O]=[Pd]. The van der Waals surface area contributed by atoms with Crippen molar-refractivity contribution in [2.24, 2.45) is 0 Å². The molecule has 0 saturated carbocycles. The van der Waals surface area contributed by atoms with E-state index in [-0.39, 0.29) is 57.2 Å². The predicted octanol–water partition coefficient (Wildman–Crippen LogP) is -1.75. The van der Waals surface area contributed by atoms with E-state index >= 15 is 0 Å². The molecule has 0 heterocycles. The molecule has 0 fully saturated rings. The van der Waals surface area contributed by atoms with Crippen LogP contribution in [-0.4, -0.2) is 71.9 Å². The maximum atomic E-state index is 8.74. The van der Waals surface area contributed by atoms with Gasteiger partial charge in [0.15, 0.2) is 0 Å². The molecule has 9 heteroatoms. The first kappa shape index (κ1) is 22.4. The first-order valence-corrected chi connectivity index (χ1v) is 2.86. The zero-order valence-electron chi connectivity index (χ0n) is 6.05. The summed E-state index contributed by atoms with van der Waals surface area (Å²) in [4.78, 5) is 0. The van der Waals surface area contributed by atoms with Crippen LogP contribution in [-0.2, 0) is 33.0 Å². The van der Waals surface area contributed by atoms with Gasteiger partial charge >= 0.3 is 81.9 Å². The molecule has 6 nitrogen and oxygen atoms in total. The van der Waals surface area contributed by atoms with Crippen LogP contribution in [0.5, 0.6) is 0 Å². The monoisotopic (exact) mass is 378 g/mol. The standard InChI is InChI=1S/Ba.H2O4S.H2O.O.Pd.2H/c;1-5(2,3)4;;;;;/h;(H2,1,2,3,4);1H2;;;;/q+2;;;;;2*-1. The van der Waals surface area contributed by atoms with Crippen LogP contribution in [0, 0.1) is 0 Å². The van der Waals surface area contributed by atoms with Gasteiger partial charge in [-0.2, -0.15) is 8.42 Å². The maximum absolute atomic E-state index is 8.74. The molecule has 0 aliphatic rings. The summed E-state index contributed by atoms with van der Waals surface area (Å²) in [6.45, 7) is 0. The third-order valence-corrected chi connectivity index (χ3v) is 0. The fourth-order valence-electron chi connectivity index (χ4n) is 0. The topological polar surface area (TPSA) is 123 Å². The second kappa shape index (κ2) is 12.5. The number of hydrogen-bond donors (Lipinski definition) is 2. The van der Waals surface area contributed by atoms with E-state index in [9.17, 15) is 0 Å². The molecule has 0 radical (unpaired) electrons. The van der Waals surface area contributed by atoms with Crippen molar-refractivity contribution in [2.45, 2.75) is 0 Å². The van der Waals surface area contributed by atoms with Crippen LogP contribution >= 0.6 is 0 Å². The summed E-state index contributed by atoms with van der Waals surface area (Å²) in [6, 6.07) is 0. The Morgan fingerprint density at radius 1 is 1.22 bits per heavy atom. The molecule has 0 amide bonds. The van der Waals surface area contributed by atoms with Gasteiger partial charge in [0.2, 0.25) is 0 Å². The van der Waals surface area contributed by atoms with Gasteiger partial charge < -0.3 is 8.33 Å². The summed E-state index contributed by atoms with van der Waals surface area (Å²) in [6.07, 6.45) is 0. The molecule has 9 heavy (non-hydrogen) atoms. The quantitative estimate of drug-likeness (QED) is 0.382. The normalized spacial score (nSPS) is 7.11. The van der Waals surface area contributed by atoms with Crippen LogP contribution < -0.4 is 0 Å². The molecule has 0 saturated heterocycles. The average molecular weight is 378 g/mol. The van der Waals surface area contributed by atoms with Crippen molar-refractivity contribution in [1.82, 2.24) is 0 Å². The van der Waals surface area contributed by atoms with Gasteiger partial charge in [-0.25, -0.2) is 0 Å². The van der Waals surface area contributed by atoms with Crippen LogP contribution in [0.2, 0.25) is 0 Å². The Balaban J connectivity index is -0.00000000972. The Labute approximate surface area is 106 Å². The van der Waals surface area contributed by atoms with E-state index in [2.05, 4.69) is 0 Å². The number of hydrogen-bond acceptors (Lipinski definition) is 3. The zero-order valence-corrected chi connectivity index (χ0v) is 10.9. The molecule has 0 aliphatic heterocycles. The van der Waals surface area contributed by atoms with Gasteiger partial charge in [-0.3, -0.25) is 9.11 Å². The summed E-state index contributed by atoms with van der Waals surface area (Å²) in [5, 5.41) is 0. The predicted molar refractivity (Wildman–Crippen MR) is 26.5 cm³/mol. The van der Waals surface area contributed by atoms with Gasteiger partial charge in [-0.05, 0) is 0 Å². The van der Waals surface area contributed by atoms with Gasteiger partial charge in [0, 0.05) is 0 Å². The first-order valence-electron chi connectivity index (χ1n) is 0.828. The van der Waals surface area contributed by atoms with E-state index in [1.165, 1.54) is 19.2 Å². The van der Waals surface area contributed by atoms with Gasteiger partial charge in [0.05, 0.1) is 0 Å². The molecule has 0 atom stereocenters. The van der Waals surface area contributed by atoms with Crippen LogP contribution in [0.4, 0.5) is 0 Å². The number of rotatable bonds is 0. The Morgan fingerprint density at radius 2 is 1.22 bits per heavy atom. The molecule has 0 aromatic carbocycles. The van der Waals surface area contributed by atoms with E-state index in [0.29, 0.717) is 0 Å². The molecule has 0 bridgehead atoms. The second-order valence-corrected chi connectivity index (χ2v) is 1.34. The van der Waals surface area contributed by atoms with Crippen LogP contribution in [0.1, 0.15) is 2.85 Å². The van der Waals surface area contributed by atoms with Crippen molar-refractivity contribution in [3.63, 3.8) is 0 Å². The minimum absolute atomic E-state index is 0. The van der Waals surface area contributed by atoms with Crippen molar-refractivity contribution in [2.75, 3.05) is 0 Å².